The average molecular weight is 214 g/mol. The first-order valence-corrected chi connectivity index (χ1v) is 5.34. The second-order valence-corrected chi connectivity index (χ2v) is 4.12. The Bertz CT molecular complexity index is 456. The standard InChI is InChI=1S/C14H14O2/c1-11(15)14(9-10-14)8-7-12-3-5-13(16-2)6-4-12/h3-6H,9-10H2,1-2H3. The number of Topliss-reactive ketones (excluding diaryl/α,β-unsaturated/α-hetero) is 1. The van der Waals surface area contributed by atoms with E-state index in [9.17, 15) is 4.79 Å². The van der Waals surface area contributed by atoms with E-state index >= 15 is 0 Å². The van der Waals surface area contributed by atoms with E-state index in [-0.39, 0.29) is 11.2 Å². The van der Waals surface area contributed by atoms with Gasteiger partial charge in [0.2, 0.25) is 0 Å². The van der Waals surface area contributed by atoms with E-state index < -0.39 is 0 Å². The number of carbonyl (C=O) groups excluding carboxylic acids is 1. The Kier molecular flexibility index (Phi) is 2.70. The van der Waals surface area contributed by atoms with Gasteiger partial charge in [-0.2, -0.15) is 0 Å². The fourth-order valence-electron chi connectivity index (χ4n) is 1.56. The SMILES string of the molecule is COc1ccc(C#CC2(C(C)=O)CC2)cc1. The number of hydrogen-bond acceptors (Lipinski definition) is 2. The number of rotatable bonds is 2. The molecule has 2 rings (SSSR count). The molecule has 82 valence electrons. The maximum atomic E-state index is 11.3. The molecule has 16 heavy (non-hydrogen) atoms. The first-order chi connectivity index (χ1) is 7.66. The predicted octanol–water partition coefficient (Wildman–Crippen LogP) is 2.42. The predicted molar refractivity (Wildman–Crippen MR) is 62.2 cm³/mol. The third kappa shape index (κ3) is 2.09. The molecule has 2 heteroatoms. The van der Waals surface area contributed by atoms with Crippen LogP contribution in [0.25, 0.3) is 0 Å². The summed E-state index contributed by atoms with van der Waals surface area (Å²) in [5, 5.41) is 0. The van der Waals surface area contributed by atoms with Crippen LogP contribution in [0.15, 0.2) is 24.3 Å². The van der Waals surface area contributed by atoms with Crippen molar-refractivity contribution in [2.45, 2.75) is 19.8 Å². The van der Waals surface area contributed by atoms with E-state index in [0.29, 0.717) is 0 Å². The summed E-state index contributed by atoms with van der Waals surface area (Å²) < 4.78 is 5.06. The molecule has 1 aromatic carbocycles. The van der Waals surface area contributed by atoms with Crippen molar-refractivity contribution in [3.05, 3.63) is 29.8 Å². The van der Waals surface area contributed by atoms with Gasteiger partial charge in [-0.3, -0.25) is 4.79 Å². The second kappa shape index (κ2) is 4.02. The van der Waals surface area contributed by atoms with Gasteiger partial charge in [0, 0.05) is 5.56 Å². The minimum Gasteiger partial charge on any atom is -0.497 e. The number of benzene rings is 1. The number of ether oxygens (including phenoxy) is 1. The molecule has 0 unspecified atom stereocenters. The van der Waals surface area contributed by atoms with Gasteiger partial charge in [-0.1, -0.05) is 11.8 Å². The number of hydrogen-bond donors (Lipinski definition) is 0. The largest absolute Gasteiger partial charge is 0.497 e. The molecule has 1 fully saturated rings. The van der Waals surface area contributed by atoms with Gasteiger partial charge in [-0.15, -0.1) is 0 Å². The Labute approximate surface area is 95.6 Å². The highest BCUT2D eigenvalue weighted by Crippen LogP contribution is 2.45. The lowest BCUT2D eigenvalue weighted by Crippen LogP contribution is -2.08. The first kappa shape index (κ1) is 10.8. The van der Waals surface area contributed by atoms with E-state index in [2.05, 4.69) is 11.8 Å². The molecule has 0 bridgehead atoms. The molecule has 1 saturated carbocycles. The minimum absolute atomic E-state index is 0.188. The van der Waals surface area contributed by atoms with Crippen molar-refractivity contribution in [1.82, 2.24) is 0 Å². The van der Waals surface area contributed by atoms with Gasteiger partial charge in [0.05, 0.1) is 12.5 Å². The molecule has 2 nitrogen and oxygen atoms in total. The van der Waals surface area contributed by atoms with Crippen LogP contribution in [0.3, 0.4) is 0 Å². The fourth-order valence-corrected chi connectivity index (χ4v) is 1.56. The molecule has 0 aliphatic heterocycles. The van der Waals surface area contributed by atoms with Crippen molar-refractivity contribution in [2.24, 2.45) is 5.41 Å². The second-order valence-electron chi connectivity index (χ2n) is 4.12. The topological polar surface area (TPSA) is 26.3 Å². The van der Waals surface area contributed by atoms with Crippen LogP contribution in [0.4, 0.5) is 0 Å². The summed E-state index contributed by atoms with van der Waals surface area (Å²) in [5.41, 5.74) is 0.591. The van der Waals surface area contributed by atoms with Crippen molar-refractivity contribution in [3.63, 3.8) is 0 Å². The highest BCUT2D eigenvalue weighted by molar-refractivity contribution is 5.88. The van der Waals surface area contributed by atoms with Crippen LogP contribution in [0.1, 0.15) is 25.3 Å². The minimum atomic E-state index is -0.333. The molecule has 0 N–H and O–H groups in total. The zero-order valence-electron chi connectivity index (χ0n) is 9.54. The normalized spacial score (nSPS) is 15.9. The summed E-state index contributed by atoms with van der Waals surface area (Å²) in [5.74, 6) is 7.14. The Hall–Kier alpha value is -1.75. The van der Waals surface area contributed by atoms with Gasteiger partial charge in [0.15, 0.2) is 0 Å². The molecule has 1 aromatic rings. The van der Waals surface area contributed by atoms with Gasteiger partial charge < -0.3 is 4.74 Å². The smallest absolute Gasteiger partial charge is 0.147 e. The van der Waals surface area contributed by atoms with Crippen LogP contribution in [0, 0.1) is 17.3 Å². The highest BCUT2D eigenvalue weighted by atomic mass is 16.5. The van der Waals surface area contributed by atoms with Crippen LogP contribution in [-0.4, -0.2) is 12.9 Å². The summed E-state index contributed by atoms with van der Waals surface area (Å²) >= 11 is 0. The molecule has 0 heterocycles. The van der Waals surface area contributed by atoms with Crippen LogP contribution in [-0.2, 0) is 4.79 Å². The van der Waals surface area contributed by atoms with Crippen molar-refractivity contribution >= 4 is 5.78 Å². The van der Waals surface area contributed by atoms with Crippen molar-refractivity contribution < 1.29 is 9.53 Å². The van der Waals surface area contributed by atoms with Gasteiger partial charge >= 0.3 is 0 Å². The maximum absolute atomic E-state index is 11.3. The number of ketones is 1. The van der Waals surface area contributed by atoms with Gasteiger partial charge in [-0.05, 0) is 44.0 Å². The Balaban J connectivity index is 2.15. The quantitative estimate of drug-likeness (QED) is 0.707. The van der Waals surface area contributed by atoms with E-state index in [1.54, 1.807) is 14.0 Å². The lowest BCUT2D eigenvalue weighted by Gasteiger charge is -2.00. The van der Waals surface area contributed by atoms with E-state index in [4.69, 9.17) is 4.74 Å². The molecule has 0 atom stereocenters. The Morgan fingerprint density at radius 1 is 1.31 bits per heavy atom. The van der Waals surface area contributed by atoms with Crippen molar-refractivity contribution in [1.29, 1.82) is 0 Å². The molecular weight excluding hydrogens is 200 g/mol. The van der Waals surface area contributed by atoms with Gasteiger partial charge in [-0.25, -0.2) is 0 Å². The molecule has 0 saturated heterocycles. The van der Waals surface area contributed by atoms with Gasteiger partial charge in [0.1, 0.15) is 11.5 Å². The van der Waals surface area contributed by atoms with Crippen molar-refractivity contribution in [2.75, 3.05) is 7.11 Å². The molecule has 0 spiro atoms. The van der Waals surface area contributed by atoms with Crippen LogP contribution in [0.5, 0.6) is 5.75 Å². The third-order valence-corrected chi connectivity index (χ3v) is 2.96. The third-order valence-electron chi connectivity index (χ3n) is 2.96. The summed E-state index contributed by atoms with van der Waals surface area (Å²) in [7, 11) is 1.63. The first-order valence-electron chi connectivity index (χ1n) is 5.34. The molecule has 1 aliphatic carbocycles. The summed E-state index contributed by atoms with van der Waals surface area (Å²) in [6, 6.07) is 7.55. The van der Waals surface area contributed by atoms with Gasteiger partial charge in [0.25, 0.3) is 0 Å². The Morgan fingerprint density at radius 3 is 2.38 bits per heavy atom. The zero-order chi connectivity index (χ0) is 11.6. The van der Waals surface area contributed by atoms with Crippen LogP contribution < -0.4 is 4.74 Å². The zero-order valence-corrected chi connectivity index (χ0v) is 9.54. The lowest BCUT2D eigenvalue weighted by atomic mass is 10.0. The summed E-state index contributed by atoms with van der Waals surface area (Å²) in [6.07, 6.45) is 1.82. The lowest BCUT2D eigenvalue weighted by molar-refractivity contribution is -0.120. The maximum Gasteiger partial charge on any atom is 0.147 e. The number of methoxy groups -OCH3 is 1. The summed E-state index contributed by atoms with van der Waals surface area (Å²) in [6.45, 7) is 1.62. The van der Waals surface area contributed by atoms with Crippen LogP contribution in [0.2, 0.25) is 0 Å². The van der Waals surface area contributed by atoms with E-state index in [1.165, 1.54) is 0 Å². The molecule has 0 radical (unpaired) electrons. The fraction of sp³-hybridized carbons (Fsp3) is 0.357. The van der Waals surface area contributed by atoms with E-state index in [0.717, 1.165) is 24.2 Å². The van der Waals surface area contributed by atoms with Crippen LogP contribution >= 0.6 is 0 Å². The van der Waals surface area contributed by atoms with E-state index in [1.807, 2.05) is 24.3 Å². The number of carbonyl (C=O) groups is 1. The summed E-state index contributed by atoms with van der Waals surface area (Å²) in [4.78, 5) is 11.3. The monoisotopic (exact) mass is 214 g/mol. The molecule has 0 aromatic heterocycles. The Morgan fingerprint density at radius 2 is 1.94 bits per heavy atom. The van der Waals surface area contributed by atoms with Crippen molar-refractivity contribution in [3.8, 4) is 17.6 Å². The molecule has 1 aliphatic rings. The average Bonchev–Trinajstić information content (AvgIpc) is 3.08. The highest BCUT2D eigenvalue weighted by Gasteiger charge is 2.45. The molecule has 0 amide bonds. The molecular formula is C14H14O2.